The lowest BCUT2D eigenvalue weighted by Crippen LogP contribution is -2.45. The second-order valence-electron chi connectivity index (χ2n) is 4.54. The number of carbonyl (C=O) groups excluding carboxylic acids is 1. The zero-order valence-corrected chi connectivity index (χ0v) is 10.2. The first-order valence-electron chi connectivity index (χ1n) is 6.10. The Balaban J connectivity index is 1.81. The molecule has 2 atom stereocenters. The number of ether oxygens (including phenoxy) is 1. The number of hydroxylamine groups is 1. The molecule has 1 saturated heterocycles. The van der Waals surface area contributed by atoms with Crippen molar-refractivity contribution in [2.24, 2.45) is 0 Å². The van der Waals surface area contributed by atoms with E-state index in [1.165, 1.54) is 7.11 Å². The number of fused-ring (bicyclic) bond motifs is 2. The first-order chi connectivity index (χ1) is 8.78. The van der Waals surface area contributed by atoms with E-state index in [-0.39, 0.29) is 12.1 Å². The van der Waals surface area contributed by atoms with Gasteiger partial charge in [0.25, 0.3) is 0 Å². The third-order valence-corrected chi connectivity index (χ3v) is 3.39. The van der Waals surface area contributed by atoms with Crippen molar-refractivity contribution in [1.29, 1.82) is 0 Å². The predicted octanol–water partition coefficient (Wildman–Crippen LogP) is 2.31. The fourth-order valence-electron chi connectivity index (χ4n) is 2.40. The molecule has 1 aromatic rings. The zero-order valence-electron chi connectivity index (χ0n) is 10.2. The maximum atomic E-state index is 11.4. The number of rotatable bonds is 2. The fraction of sp³-hybridized carbons (Fsp3) is 0.357. The van der Waals surface area contributed by atoms with Gasteiger partial charge in [0, 0.05) is 0 Å². The van der Waals surface area contributed by atoms with E-state index in [0.717, 1.165) is 18.5 Å². The fourth-order valence-corrected chi connectivity index (χ4v) is 2.40. The molecule has 4 nitrogen and oxygen atoms in total. The summed E-state index contributed by atoms with van der Waals surface area (Å²) in [5.74, 6) is -0.317. The molecule has 0 radical (unpaired) electrons. The van der Waals surface area contributed by atoms with E-state index in [9.17, 15) is 4.79 Å². The molecule has 0 spiro atoms. The molecular weight excluding hydrogens is 230 g/mol. The highest BCUT2D eigenvalue weighted by atomic mass is 16.7. The Hall–Kier alpha value is -1.81. The van der Waals surface area contributed by atoms with Crippen molar-refractivity contribution in [1.82, 2.24) is 0 Å². The van der Waals surface area contributed by atoms with Crippen LogP contribution in [0.25, 0.3) is 0 Å². The van der Waals surface area contributed by atoms with Crippen LogP contribution in [0.15, 0.2) is 36.4 Å². The van der Waals surface area contributed by atoms with Gasteiger partial charge in [-0.2, -0.15) is 0 Å². The van der Waals surface area contributed by atoms with Crippen molar-refractivity contribution < 1.29 is 14.4 Å². The van der Waals surface area contributed by atoms with Gasteiger partial charge in [0.2, 0.25) is 0 Å². The minimum Gasteiger partial charge on any atom is -0.465 e. The topological polar surface area (TPSA) is 38.8 Å². The van der Waals surface area contributed by atoms with Crippen LogP contribution in [0.5, 0.6) is 0 Å². The predicted molar refractivity (Wildman–Crippen MR) is 67.3 cm³/mol. The van der Waals surface area contributed by atoms with Crippen molar-refractivity contribution in [3.63, 3.8) is 0 Å². The maximum absolute atomic E-state index is 11.4. The lowest BCUT2D eigenvalue weighted by molar-refractivity contribution is 0.00351. The largest absolute Gasteiger partial charge is 0.465 e. The highest BCUT2D eigenvalue weighted by Gasteiger charge is 2.31. The van der Waals surface area contributed by atoms with E-state index in [1.807, 2.05) is 17.2 Å². The number of carbonyl (C=O) groups is 1. The lowest BCUT2D eigenvalue weighted by atomic mass is 9.98. The van der Waals surface area contributed by atoms with Gasteiger partial charge in [0.15, 0.2) is 0 Å². The highest BCUT2D eigenvalue weighted by molar-refractivity contribution is 5.89. The second-order valence-corrected chi connectivity index (χ2v) is 4.54. The van der Waals surface area contributed by atoms with E-state index in [2.05, 4.69) is 16.9 Å². The van der Waals surface area contributed by atoms with Gasteiger partial charge in [-0.05, 0) is 37.1 Å². The number of benzene rings is 1. The third-order valence-electron chi connectivity index (χ3n) is 3.39. The lowest BCUT2D eigenvalue weighted by Gasteiger charge is -2.41. The monoisotopic (exact) mass is 245 g/mol. The van der Waals surface area contributed by atoms with Gasteiger partial charge in [0.1, 0.15) is 6.10 Å². The molecule has 0 aromatic heterocycles. The number of hydrogen-bond donors (Lipinski definition) is 0. The van der Waals surface area contributed by atoms with Crippen molar-refractivity contribution >= 4 is 11.7 Å². The molecule has 2 aliphatic heterocycles. The minimum atomic E-state index is -0.317. The molecule has 1 aliphatic carbocycles. The van der Waals surface area contributed by atoms with Gasteiger partial charge < -0.3 is 4.74 Å². The summed E-state index contributed by atoms with van der Waals surface area (Å²) in [5, 5.41) is 1.93. The number of hydrogen-bond acceptors (Lipinski definition) is 4. The summed E-state index contributed by atoms with van der Waals surface area (Å²) >= 11 is 0. The standard InChI is InChI=1S/C14H15NO3/c1-17-14(16)10-2-4-11(5-3-10)15-12-6-8-13(18-15)9-7-12/h2-6,8,12-13H,7,9H2,1H3. The Kier molecular flexibility index (Phi) is 2.80. The normalized spacial score (nSPS) is 25.3. The van der Waals surface area contributed by atoms with Gasteiger partial charge in [-0.1, -0.05) is 12.2 Å². The summed E-state index contributed by atoms with van der Waals surface area (Å²) in [7, 11) is 1.38. The summed E-state index contributed by atoms with van der Waals surface area (Å²) in [6.07, 6.45) is 6.69. The van der Waals surface area contributed by atoms with E-state index in [4.69, 9.17) is 4.84 Å². The minimum absolute atomic E-state index is 0.190. The molecular formula is C14H15NO3. The number of nitrogens with zero attached hydrogens (tertiary/aromatic N) is 1. The van der Waals surface area contributed by atoms with Crippen molar-refractivity contribution in [3.05, 3.63) is 42.0 Å². The Labute approximate surface area is 106 Å². The molecule has 18 heavy (non-hydrogen) atoms. The summed E-state index contributed by atoms with van der Waals surface area (Å²) < 4.78 is 4.68. The average Bonchev–Trinajstić information content (AvgIpc) is 2.48. The van der Waals surface area contributed by atoms with Crippen LogP contribution in [0, 0.1) is 0 Å². The van der Waals surface area contributed by atoms with Crippen LogP contribution in [-0.2, 0) is 9.57 Å². The number of methoxy groups -OCH3 is 1. The zero-order chi connectivity index (χ0) is 12.5. The Bertz CT molecular complexity index is 480. The van der Waals surface area contributed by atoms with E-state index < -0.39 is 0 Å². The quantitative estimate of drug-likeness (QED) is 0.592. The molecule has 1 aromatic carbocycles. The first kappa shape index (κ1) is 11.3. The molecule has 3 aliphatic rings. The van der Waals surface area contributed by atoms with E-state index in [0.29, 0.717) is 11.6 Å². The maximum Gasteiger partial charge on any atom is 0.337 e. The van der Waals surface area contributed by atoms with E-state index in [1.54, 1.807) is 12.1 Å². The molecule has 0 amide bonds. The van der Waals surface area contributed by atoms with Crippen LogP contribution in [0.3, 0.4) is 0 Å². The van der Waals surface area contributed by atoms with Gasteiger partial charge in [-0.15, -0.1) is 0 Å². The summed E-state index contributed by atoms with van der Waals surface area (Å²) in [6, 6.07) is 7.60. The van der Waals surface area contributed by atoms with Gasteiger partial charge in [-0.25, -0.2) is 9.86 Å². The number of anilines is 1. The van der Waals surface area contributed by atoms with Crippen LogP contribution < -0.4 is 5.06 Å². The highest BCUT2D eigenvalue weighted by Crippen LogP contribution is 2.32. The Morgan fingerprint density at radius 3 is 2.56 bits per heavy atom. The Morgan fingerprint density at radius 2 is 2.06 bits per heavy atom. The van der Waals surface area contributed by atoms with E-state index >= 15 is 0 Å². The number of esters is 1. The van der Waals surface area contributed by atoms with Crippen LogP contribution in [0.1, 0.15) is 23.2 Å². The van der Waals surface area contributed by atoms with Crippen molar-refractivity contribution in [2.75, 3.05) is 12.2 Å². The van der Waals surface area contributed by atoms with Gasteiger partial charge in [-0.3, -0.25) is 4.84 Å². The Morgan fingerprint density at radius 1 is 1.28 bits per heavy atom. The summed E-state index contributed by atoms with van der Waals surface area (Å²) in [4.78, 5) is 17.2. The van der Waals surface area contributed by atoms with Crippen LogP contribution in [0.4, 0.5) is 5.69 Å². The van der Waals surface area contributed by atoms with Gasteiger partial charge in [0.05, 0.1) is 24.4 Å². The smallest absolute Gasteiger partial charge is 0.337 e. The van der Waals surface area contributed by atoms with Crippen LogP contribution in [0.2, 0.25) is 0 Å². The SMILES string of the molecule is COC(=O)c1ccc(N2OC3C=CC2CC3)cc1. The third kappa shape index (κ3) is 1.88. The molecule has 0 saturated carbocycles. The van der Waals surface area contributed by atoms with Crippen molar-refractivity contribution in [2.45, 2.75) is 25.0 Å². The molecule has 1 fully saturated rings. The van der Waals surface area contributed by atoms with Gasteiger partial charge >= 0.3 is 5.97 Å². The molecule has 2 bridgehead atoms. The average molecular weight is 245 g/mol. The summed E-state index contributed by atoms with van der Waals surface area (Å²) in [6.45, 7) is 0. The first-order valence-corrected chi connectivity index (χ1v) is 6.10. The molecule has 94 valence electrons. The molecule has 4 heteroatoms. The molecule has 4 rings (SSSR count). The second kappa shape index (κ2) is 4.46. The van der Waals surface area contributed by atoms with Crippen LogP contribution in [-0.4, -0.2) is 25.2 Å². The van der Waals surface area contributed by atoms with Crippen molar-refractivity contribution in [3.8, 4) is 0 Å². The molecule has 2 heterocycles. The molecule has 0 N–H and O–H groups in total. The van der Waals surface area contributed by atoms with Crippen LogP contribution >= 0.6 is 0 Å². The summed E-state index contributed by atoms with van der Waals surface area (Å²) in [5.41, 5.74) is 1.53. The molecule has 2 unspecified atom stereocenters.